The molecule has 0 saturated carbocycles. The molecule has 2 N–H and O–H groups in total. The van der Waals surface area contributed by atoms with Crippen molar-refractivity contribution < 1.29 is 4.42 Å². The Morgan fingerprint density at radius 1 is 1.37 bits per heavy atom. The van der Waals surface area contributed by atoms with Crippen LogP contribution in [0.1, 0.15) is 32.3 Å². The summed E-state index contributed by atoms with van der Waals surface area (Å²) in [5.74, 6) is 0. The minimum atomic E-state index is 0.244. The SMILES string of the molecule is CC1(C)CC(NCc2coc3ccccc23)CCN1. The standard InChI is InChI=1S/C16H22N2O/c1-16(2)9-13(7-8-18-16)17-10-12-11-19-15-6-4-3-5-14(12)15/h3-6,11,13,17-18H,7-10H2,1-2H3. The number of hydrogen-bond donors (Lipinski definition) is 2. The zero-order chi connectivity index (χ0) is 13.3. The molecule has 19 heavy (non-hydrogen) atoms. The van der Waals surface area contributed by atoms with Gasteiger partial charge >= 0.3 is 0 Å². The van der Waals surface area contributed by atoms with Gasteiger partial charge in [-0.25, -0.2) is 0 Å². The van der Waals surface area contributed by atoms with Crippen molar-refractivity contribution in [2.24, 2.45) is 0 Å². The number of piperidine rings is 1. The predicted octanol–water partition coefficient (Wildman–Crippen LogP) is 3.05. The maximum atomic E-state index is 5.58. The predicted molar refractivity (Wildman–Crippen MR) is 78.2 cm³/mol. The van der Waals surface area contributed by atoms with E-state index in [4.69, 9.17) is 4.42 Å². The monoisotopic (exact) mass is 258 g/mol. The summed E-state index contributed by atoms with van der Waals surface area (Å²) in [5.41, 5.74) is 2.48. The summed E-state index contributed by atoms with van der Waals surface area (Å²) in [4.78, 5) is 0. The van der Waals surface area contributed by atoms with Gasteiger partial charge in [-0.1, -0.05) is 18.2 Å². The van der Waals surface area contributed by atoms with Crippen molar-refractivity contribution in [1.29, 1.82) is 0 Å². The van der Waals surface area contributed by atoms with E-state index in [1.54, 1.807) is 0 Å². The summed E-state index contributed by atoms with van der Waals surface area (Å²) in [7, 11) is 0. The summed E-state index contributed by atoms with van der Waals surface area (Å²) in [6, 6.07) is 8.81. The van der Waals surface area contributed by atoms with E-state index in [1.807, 2.05) is 18.4 Å². The van der Waals surface area contributed by atoms with Gasteiger partial charge in [-0.05, 0) is 39.3 Å². The molecule has 0 radical (unpaired) electrons. The van der Waals surface area contributed by atoms with E-state index in [1.165, 1.54) is 23.8 Å². The van der Waals surface area contributed by atoms with Crippen LogP contribution in [0.4, 0.5) is 0 Å². The van der Waals surface area contributed by atoms with Crippen molar-refractivity contribution in [2.45, 2.75) is 44.8 Å². The topological polar surface area (TPSA) is 37.2 Å². The average molecular weight is 258 g/mol. The molecular weight excluding hydrogens is 236 g/mol. The molecule has 1 aromatic carbocycles. The lowest BCUT2D eigenvalue weighted by molar-refractivity contribution is 0.247. The highest BCUT2D eigenvalue weighted by Crippen LogP contribution is 2.22. The van der Waals surface area contributed by atoms with Gasteiger partial charge in [0.25, 0.3) is 0 Å². The average Bonchev–Trinajstić information content (AvgIpc) is 2.78. The summed E-state index contributed by atoms with van der Waals surface area (Å²) >= 11 is 0. The normalized spacial score (nSPS) is 22.7. The lowest BCUT2D eigenvalue weighted by Gasteiger charge is -2.37. The van der Waals surface area contributed by atoms with Gasteiger partial charge in [0, 0.05) is 29.1 Å². The van der Waals surface area contributed by atoms with Crippen molar-refractivity contribution in [2.75, 3.05) is 6.54 Å². The van der Waals surface area contributed by atoms with Crippen molar-refractivity contribution in [3.05, 3.63) is 36.1 Å². The molecule has 0 bridgehead atoms. The number of furan rings is 1. The molecule has 0 spiro atoms. The summed E-state index contributed by atoms with van der Waals surface area (Å²) in [6.45, 7) is 6.52. The fourth-order valence-corrected chi connectivity index (χ4v) is 2.97. The first-order valence-corrected chi connectivity index (χ1v) is 7.08. The lowest BCUT2D eigenvalue weighted by atomic mass is 9.89. The van der Waals surface area contributed by atoms with Gasteiger partial charge in [-0.2, -0.15) is 0 Å². The number of benzene rings is 1. The van der Waals surface area contributed by atoms with Crippen LogP contribution in [0, 0.1) is 0 Å². The van der Waals surface area contributed by atoms with Crippen LogP contribution in [0.2, 0.25) is 0 Å². The third-order valence-corrected chi connectivity index (χ3v) is 4.00. The third kappa shape index (κ3) is 2.82. The molecule has 102 valence electrons. The Kier molecular flexibility index (Phi) is 3.33. The molecule has 0 aliphatic carbocycles. The molecule has 1 aromatic heterocycles. The molecular formula is C16H22N2O. The van der Waals surface area contributed by atoms with Gasteiger partial charge in [0.05, 0.1) is 6.26 Å². The fourth-order valence-electron chi connectivity index (χ4n) is 2.97. The smallest absolute Gasteiger partial charge is 0.134 e. The van der Waals surface area contributed by atoms with Crippen LogP contribution in [-0.2, 0) is 6.54 Å². The first-order valence-electron chi connectivity index (χ1n) is 7.08. The zero-order valence-electron chi connectivity index (χ0n) is 11.7. The Labute approximate surface area is 114 Å². The molecule has 1 atom stereocenters. The van der Waals surface area contributed by atoms with Gasteiger partial charge < -0.3 is 15.1 Å². The van der Waals surface area contributed by atoms with Crippen LogP contribution in [0.3, 0.4) is 0 Å². The molecule has 2 heterocycles. The highest BCUT2D eigenvalue weighted by Gasteiger charge is 2.26. The minimum Gasteiger partial charge on any atom is -0.464 e. The molecule has 1 saturated heterocycles. The Bertz CT molecular complexity index is 559. The van der Waals surface area contributed by atoms with Crippen molar-refractivity contribution in [1.82, 2.24) is 10.6 Å². The van der Waals surface area contributed by atoms with Crippen molar-refractivity contribution in [3.8, 4) is 0 Å². The molecule has 0 amide bonds. The lowest BCUT2D eigenvalue weighted by Crippen LogP contribution is -2.51. The quantitative estimate of drug-likeness (QED) is 0.888. The van der Waals surface area contributed by atoms with Crippen LogP contribution in [0.25, 0.3) is 11.0 Å². The second-order valence-electron chi connectivity index (χ2n) is 6.14. The number of hydrogen-bond acceptors (Lipinski definition) is 3. The maximum absolute atomic E-state index is 5.58. The zero-order valence-corrected chi connectivity index (χ0v) is 11.7. The second kappa shape index (κ2) is 4.99. The highest BCUT2D eigenvalue weighted by atomic mass is 16.3. The molecule has 3 nitrogen and oxygen atoms in total. The van der Waals surface area contributed by atoms with E-state index in [0.29, 0.717) is 6.04 Å². The summed E-state index contributed by atoms with van der Waals surface area (Å²) in [6.07, 6.45) is 4.24. The molecule has 1 fully saturated rings. The van der Waals surface area contributed by atoms with Gasteiger partial charge in [0.1, 0.15) is 5.58 Å². The molecule has 3 rings (SSSR count). The Morgan fingerprint density at radius 3 is 3.05 bits per heavy atom. The van der Waals surface area contributed by atoms with Gasteiger partial charge in [-0.15, -0.1) is 0 Å². The first kappa shape index (κ1) is 12.7. The molecule has 1 aliphatic rings. The van der Waals surface area contributed by atoms with Crippen LogP contribution < -0.4 is 10.6 Å². The maximum Gasteiger partial charge on any atom is 0.134 e. The number of nitrogens with one attached hydrogen (secondary N) is 2. The fraction of sp³-hybridized carbons (Fsp3) is 0.500. The highest BCUT2D eigenvalue weighted by molar-refractivity contribution is 5.80. The number of rotatable bonds is 3. The van der Waals surface area contributed by atoms with Gasteiger partial charge in [0.2, 0.25) is 0 Å². The van der Waals surface area contributed by atoms with Crippen molar-refractivity contribution in [3.63, 3.8) is 0 Å². The molecule has 2 aromatic rings. The van der Waals surface area contributed by atoms with E-state index in [9.17, 15) is 0 Å². The van der Waals surface area contributed by atoms with Crippen molar-refractivity contribution >= 4 is 11.0 Å². The molecule has 1 unspecified atom stereocenters. The van der Waals surface area contributed by atoms with E-state index in [0.717, 1.165) is 18.7 Å². The van der Waals surface area contributed by atoms with E-state index < -0.39 is 0 Å². The number of fused-ring (bicyclic) bond motifs is 1. The van der Waals surface area contributed by atoms with Crippen LogP contribution >= 0.6 is 0 Å². The van der Waals surface area contributed by atoms with Gasteiger partial charge in [-0.3, -0.25) is 0 Å². The molecule has 1 aliphatic heterocycles. The minimum absolute atomic E-state index is 0.244. The first-order chi connectivity index (χ1) is 9.14. The molecule has 3 heteroatoms. The summed E-state index contributed by atoms with van der Waals surface area (Å²) < 4.78 is 5.58. The van der Waals surface area contributed by atoms with E-state index >= 15 is 0 Å². The number of para-hydroxylation sites is 1. The third-order valence-electron chi connectivity index (χ3n) is 4.00. The Balaban J connectivity index is 1.66. The van der Waals surface area contributed by atoms with E-state index in [2.05, 4.69) is 36.6 Å². The van der Waals surface area contributed by atoms with Crippen LogP contribution in [-0.4, -0.2) is 18.1 Å². The Hall–Kier alpha value is -1.32. The van der Waals surface area contributed by atoms with Gasteiger partial charge in [0.15, 0.2) is 0 Å². The summed E-state index contributed by atoms with van der Waals surface area (Å²) in [5, 5.41) is 8.45. The van der Waals surface area contributed by atoms with E-state index in [-0.39, 0.29) is 5.54 Å². The van der Waals surface area contributed by atoms with Crippen LogP contribution in [0.15, 0.2) is 34.9 Å². The Morgan fingerprint density at radius 2 is 2.21 bits per heavy atom. The second-order valence-corrected chi connectivity index (χ2v) is 6.14. The van der Waals surface area contributed by atoms with Crippen LogP contribution in [0.5, 0.6) is 0 Å². The largest absolute Gasteiger partial charge is 0.464 e.